The summed E-state index contributed by atoms with van der Waals surface area (Å²) in [5, 5.41) is 3.78. The first kappa shape index (κ1) is 15.4. The summed E-state index contributed by atoms with van der Waals surface area (Å²) in [5.41, 5.74) is 1.37. The second kappa shape index (κ2) is 8.31. The van der Waals surface area contributed by atoms with E-state index >= 15 is 0 Å². The van der Waals surface area contributed by atoms with Gasteiger partial charge in [-0.1, -0.05) is 38.0 Å². The average molecular weight is 274 g/mol. The molecular weight excluding hydrogens is 244 g/mol. The Morgan fingerprint density at radius 1 is 1.10 bits per heavy atom. The standard InChI is InChI=1S/C18H30N2/c1-3-14-19-18-13-9-8-10-16(18)15-20(4-2)17-11-6-5-7-12-17/h5-7,11-12,16,18-19H,3-4,8-10,13-15H2,1-2H3. The lowest BCUT2D eigenvalue weighted by molar-refractivity contribution is 0.265. The highest BCUT2D eigenvalue weighted by molar-refractivity contribution is 5.45. The Morgan fingerprint density at radius 3 is 2.55 bits per heavy atom. The lowest BCUT2D eigenvalue weighted by atomic mass is 9.84. The first-order chi connectivity index (χ1) is 9.85. The number of nitrogens with one attached hydrogen (secondary N) is 1. The van der Waals surface area contributed by atoms with Crippen LogP contribution in [0.15, 0.2) is 30.3 Å². The van der Waals surface area contributed by atoms with E-state index in [9.17, 15) is 0 Å². The summed E-state index contributed by atoms with van der Waals surface area (Å²) >= 11 is 0. The molecule has 2 heteroatoms. The van der Waals surface area contributed by atoms with Crippen molar-refractivity contribution in [1.82, 2.24) is 5.32 Å². The van der Waals surface area contributed by atoms with E-state index in [1.54, 1.807) is 0 Å². The van der Waals surface area contributed by atoms with Crippen molar-refractivity contribution < 1.29 is 0 Å². The molecule has 0 spiro atoms. The minimum atomic E-state index is 0.724. The van der Waals surface area contributed by atoms with Crippen LogP contribution in [0.1, 0.15) is 46.0 Å². The highest BCUT2D eigenvalue weighted by atomic mass is 15.1. The van der Waals surface area contributed by atoms with Crippen LogP contribution in [-0.2, 0) is 0 Å². The van der Waals surface area contributed by atoms with E-state index in [0.717, 1.165) is 18.5 Å². The van der Waals surface area contributed by atoms with Gasteiger partial charge in [-0.05, 0) is 50.8 Å². The minimum absolute atomic E-state index is 0.724. The molecule has 0 aromatic heterocycles. The zero-order valence-corrected chi connectivity index (χ0v) is 13.1. The normalized spacial score (nSPS) is 22.7. The van der Waals surface area contributed by atoms with Crippen LogP contribution in [0.2, 0.25) is 0 Å². The molecule has 1 N–H and O–H groups in total. The van der Waals surface area contributed by atoms with Crippen molar-refractivity contribution >= 4 is 5.69 Å². The molecule has 0 radical (unpaired) electrons. The van der Waals surface area contributed by atoms with Crippen LogP contribution >= 0.6 is 0 Å². The van der Waals surface area contributed by atoms with Gasteiger partial charge in [-0.15, -0.1) is 0 Å². The van der Waals surface area contributed by atoms with E-state index in [-0.39, 0.29) is 0 Å². The third-order valence-electron chi connectivity index (χ3n) is 4.52. The van der Waals surface area contributed by atoms with Crippen LogP contribution in [0.4, 0.5) is 5.69 Å². The summed E-state index contributed by atoms with van der Waals surface area (Å²) in [6, 6.07) is 11.6. The van der Waals surface area contributed by atoms with Crippen LogP contribution < -0.4 is 10.2 Å². The van der Waals surface area contributed by atoms with Gasteiger partial charge in [0.25, 0.3) is 0 Å². The third kappa shape index (κ3) is 4.24. The lowest BCUT2D eigenvalue weighted by Gasteiger charge is -2.36. The van der Waals surface area contributed by atoms with Crippen molar-refractivity contribution in [2.75, 3.05) is 24.5 Å². The van der Waals surface area contributed by atoms with Crippen LogP contribution in [0.25, 0.3) is 0 Å². The highest BCUT2D eigenvalue weighted by Crippen LogP contribution is 2.27. The van der Waals surface area contributed by atoms with Gasteiger partial charge in [0, 0.05) is 24.8 Å². The number of anilines is 1. The number of nitrogens with zero attached hydrogens (tertiary/aromatic N) is 1. The maximum Gasteiger partial charge on any atom is 0.0366 e. The molecule has 2 unspecified atom stereocenters. The topological polar surface area (TPSA) is 15.3 Å². The van der Waals surface area contributed by atoms with Crippen molar-refractivity contribution in [2.45, 2.75) is 52.0 Å². The van der Waals surface area contributed by atoms with Gasteiger partial charge in [-0.3, -0.25) is 0 Å². The summed E-state index contributed by atoms with van der Waals surface area (Å²) in [6.45, 7) is 7.99. The largest absolute Gasteiger partial charge is 0.371 e. The number of benzene rings is 1. The summed E-state index contributed by atoms with van der Waals surface area (Å²) in [4.78, 5) is 2.54. The number of para-hydroxylation sites is 1. The summed E-state index contributed by atoms with van der Waals surface area (Å²) in [6.07, 6.45) is 6.78. The van der Waals surface area contributed by atoms with Crippen LogP contribution in [-0.4, -0.2) is 25.7 Å². The molecule has 1 aliphatic carbocycles. The van der Waals surface area contributed by atoms with E-state index in [4.69, 9.17) is 0 Å². The van der Waals surface area contributed by atoms with Crippen molar-refractivity contribution in [3.8, 4) is 0 Å². The first-order valence-electron chi connectivity index (χ1n) is 8.38. The number of hydrogen-bond donors (Lipinski definition) is 1. The van der Waals surface area contributed by atoms with Crippen LogP contribution in [0.5, 0.6) is 0 Å². The summed E-state index contributed by atoms with van der Waals surface area (Å²) in [7, 11) is 0. The molecule has 1 fully saturated rings. The lowest BCUT2D eigenvalue weighted by Crippen LogP contribution is -2.44. The van der Waals surface area contributed by atoms with Gasteiger partial charge >= 0.3 is 0 Å². The molecule has 1 aromatic carbocycles. The van der Waals surface area contributed by atoms with Gasteiger partial charge in [0.2, 0.25) is 0 Å². The molecule has 0 amide bonds. The number of hydrogen-bond acceptors (Lipinski definition) is 2. The van der Waals surface area contributed by atoms with Crippen LogP contribution in [0, 0.1) is 5.92 Å². The Kier molecular flexibility index (Phi) is 6.38. The molecule has 20 heavy (non-hydrogen) atoms. The second-order valence-electron chi connectivity index (χ2n) is 5.98. The Labute approximate surface area is 124 Å². The van der Waals surface area contributed by atoms with Crippen molar-refractivity contribution in [1.29, 1.82) is 0 Å². The second-order valence-corrected chi connectivity index (χ2v) is 5.98. The molecule has 0 bridgehead atoms. The Bertz CT molecular complexity index is 363. The van der Waals surface area contributed by atoms with Crippen LogP contribution in [0.3, 0.4) is 0 Å². The molecular formula is C18H30N2. The number of rotatable bonds is 7. The zero-order chi connectivity index (χ0) is 14.2. The van der Waals surface area contributed by atoms with Gasteiger partial charge in [-0.25, -0.2) is 0 Å². The molecule has 2 nitrogen and oxygen atoms in total. The zero-order valence-electron chi connectivity index (χ0n) is 13.1. The average Bonchev–Trinajstić information content (AvgIpc) is 2.52. The van der Waals surface area contributed by atoms with Gasteiger partial charge in [0.15, 0.2) is 0 Å². The highest BCUT2D eigenvalue weighted by Gasteiger charge is 2.26. The van der Waals surface area contributed by atoms with Gasteiger partial charge in [0.1, 0.15) is 0 Å². The van der Waals surface area contributed by atoms with Crippen molar-refractivity contribution in [3.63, 3.8) is 0 Å². The molecule has 2 atom stereocenters. The molecule has 1 saturated carbocycles. The quantitative estimate of drug-likeness (QED) is 0.806. The predicted molar refractivity (Wildman–Crippen MR) is 88.4 cm³/mol. The van der Waals surface area contributed by atoms with Crippen molar-refractivity contribution in [3.05, 3.63) is 30.3 Å². The fourth-order valence-corrected chi connectivity index (χ4v) is 3.36. The first-order valence-corrected chi connectivity index (χ1v) is 8.38. The molecule has 0 saturated heterocycles. The SMILES string of the molecule is CCCNC1CCCCC1CN(CC)c1ccccc1. The molecule has 1 aromatic rings. The molecule has 0 heterocycles. The monoisotopic (exact) mass is 274 g/mol. The van der Waals surface area contributed by atoms with E-state index in [1.165, 1.54) is 50.9 Å². The summed E-state index contributed by atoms with van der Waals surface area (Å²) < 4.78 is 0. The van der Waals surface area contributed by atoms with Gasteiger partial charge in [0.05, 0.1) is 0 Å². The predicted octanol–water partition coefficient (Wildman–Crippen LogP) is 4.07. The summed E-state index contributed by atoms with van der Waals surface area (Å²) in [5.74, 6) is 0.801. The molecule has 1 aliphatic rings. The smallest absolute Gasteiger partial charge is 0.0366 e. The van der Waals surface area contributed by atoms with Gasteiger partial charge < -0.3 is 10.2 Å². The Balaban J connectivity index is 1.97. The fourth-order valence-electron chi connectivity index (χ4n) is 3.36. The maximum atomic E-state index is 3.78. The minimum Gasteiger partial charge on any atom is -0.371 e. The molecule has 2 rings (SSSR count). The molecule has 0 aliphatic heterocycles. The van der Waals surface area contributed by atoms with E-state index < -0.39 is 0 Å². The third-order valence-corrected chi connectivity index (χ3v) is 4.52. The maximum absolute atomic E-state index is 3.78. The van der Waals surface area contributed by atoms with E-state index in [0.29, 0.717) is 0 Å². The van der Waals surface area contributed by atoms with E-state index in [2.05, 4.69) is 54.4 Å². The van der Waals surface area contributed by atoms with Crippen molar-refractivity contribution in [2.24, 2.45) is 5.92 Å². The Hall–Kier alpha value is -1.02. The Morgan fingerprint density at radius 2 is 1.85 bits per heavy atom. The molecule has 112 valence electrons. The fraction of sp³-hybridized carbons (Fsp3) is 0.667. The van der Waals surface area contributed by atoms with Gasteiger partial charge in [-0.2, -0.15) is 0 Å². The van der Waals surface area contributed by atoms with E-state index in [1.807, 2.05) is 0 Å².